The van der Waals surface area contributed by atoms with Gasteiger partial charge in [-0.1, -0.05) is 0 Å². The van der Waals surface area contributed by atoms with Crippen molar-refractivity contribution in [2.24, 2.45) is 5.73 Å². The van der Waals surface area contributed by atoms with E-state index < -0.39 is 15.6 Å². The first-order chi connectivity index (χ1) is 9.12. The predicted molar refractivity (Wildman–Crippen MR) is 78.4 cm³/mol. The standard InChI is InChI=1S/C14H22N2O3S/c1-9-5-12(20(17,18)16-14(2,3)4)7-10-6-11(8-15)19-13(9)10/h5,7,11,16H,6,8,15H2,1-4H3. The van der Waals surface area contributed by atoms with Gasteiger partial charge in [0.2, 0.25) is 10.0 Å². The van der Waals surface area contributed by atoms with Crippen LogP contribution in [0.2, 0.25) is 0 Å². The molecule has 0 saturated carbocycles. The molecule has 1 aromatic rings. The third kappa shape index (κ3) is 3.13. The van der Waals surface area contributed by atoms with Gasteiger partial charge < -0.3 is 10.5 Å². The molecule has 1 aromatic carbocycles. The smallest absolute Gasteiger partial charge is 0.241 e. The molecule has 1 aliphatic heterocycles. The Kier molecular flexibility index (Phi) is 3.83. The van der Waals surface area contributed by atoms with Crippen LogP contribution in [-0.2, 0) is 16.4 Å². The highest BCUT2D eigenvalue weighted by atomic mass is 32.2. The number of aryl methyl sites for hydroxylation is 1. The lowest BCUT2D eigenvalue weighted by molar-refractivity contribution is 0.240. The van der Waals surface area contributed by atoms with Gasteiger partial charge in [0, 0.05) is 18.5 Å². The molecule has 1 heterocycles. The molecule has 0 bridgehead atoms. The molecule has 1 atom stereocenters. The molecule has 2 rings (SSSR count). The molecular weight excluding hydrogens is 276 g/mol. The zero-order chi connectivity index (χ0) is 15.1. The summed E-state index contributed by atoms with van der Waals surface area (Å²) in [5.74, 6) is 0.773. The Labute approximate surface area is 120 Å². The van der Waals surface area contributed by atoms with Gasteiger partial charge in [0.15, 0.2) is 0 Å². The fraction of sp³-hybridized carbons (Fsp3) is 0.571. The summed E-state index contributed by atoms with van der Waals surface area (Å²) < 4.78 is 33.1. The maximum atomic E-state index is 12.4. The van der Waals surface area contributed by atoms with Crippen molar-refractivity contribution in [2.75, 3.05) is 6.54 Å². The van der Waals surface area contributed by atoms with Crippen LogP contribution in [0.3, 0.4) is 0 Å². The maximum absolute atomic E-state index is 12.4. The van der Waals surface area contributed by atoms with E-state index >= 15 is 0 Å². The Hall–Kier alpha value is -1.11. The number of fused-ring (bicyclic) bond motifs is 1. The summed E-state index contributed by atoms with van der Waals surface area (Å²) in [5.41, 5.74) is 6.84. The summed E-state index contributed by atoms with van der Waals surface area (Å²) in [6.45, 7) is 7.74. The van der Waals surface area contributed by atoms with Crippen LogP contribution in [0.25, 0.3) is 0 Å². The number of nitrogens with one attached hydrogen (secondary N) is 1. The molecule has 112 valence electrons. The molecule has 3 N–H and O–H groups in total. The lowest BCUT2D eigenvalue weighted by Gasteiger charge is -2.20. The molecule has 1 unspecified atom stereocenters. The number of nitrogens with two attached hydrogens (primary N) is 1. The minimum absolute atomic E-state index is 0.0581. The van der Waals surface area contributed by atoms with Crippen LogP contribution in [0.5, 0.6) is 5.75 Å². The Balaban J connectivity index is 2.40. The second-order valence-corrected chi connectivity index (χ2v) is 7.95. The van der Waals surface area contributed by atoms with E-state index in [0.717, 1.165) is 16.9 Å². The average molecular weight is 298 g/mol. The molecule has 0 spiro atoms. The van der Waals surface area contributed by atoms with E-state index in [1.54, 1.807) is 12.1 Å². The molecule has 0 saturated heterocycles. The molecular formula is C14H22N2O3S. The Morgan fingerprint density at radius 2 is 2.05 bits per heavy atom. The molecule has 0 amide bonds. The van der Waals surface area contributed by atoms with Gasteiger partial charge in [0.05, 0.1) is 4.90 Å². The summed E-state index contributed by atoms with van der Waals surface area (Å²) in [6.07, 6.45) is 0.600. The normalized spacial score (nSPS) is 18.8. The van der Waals surface area contributed by atoms with Gasteiger partial charge in [0.1, 0.15) is 11.9 Å². The van der Waals surface area contributed by atoms with Crippen molar-refractivity contribution in [3.8, 4) is 5.75 Å². The van der Waals surface area contributed by atoms with Crippen molar-refractivity contribution >= 4 is 10.0 Å². The van der Waals surface area contributed by atoms with E-state index in [4.69, 9.17) is 10.5 Å². The number of ether oxygens (including phenoxy) is 1. The van der Waals surface area contributed by atoms with Crippen LogP contribution in [0.15, 0.2) is 17.0 Å². The second kappa shape index (κ2) is 5.02. The van der Waals surface area contributed by atoms with Crippen LogP contribution in [0.1, 0.15) is 31.9 Å². The monoisotopic (exact) mass is 298 g/mol. The fourth-order valence-corrected chi connectivity index (χ4v) is 3.89. The van der Waals surface area contributed by atoms with Gasteiger partial charge in [-0.25, -0.2) is 13.1 Å². The molecule has 0 aromatic heterocycles. The predicted octanol–water partition coefficient (Wildman–Crippen LogP) is 1.33. The largest absolute Gasteiger partial charge is 0.488 e. The van der Waals surface area contributed by atoms with E-state index in [2.05, 4.69) is 4.72 Å². The zero-order valence-corrected chi connectivity index (χ0v) is 13.2. The summed E-state index contributed by atoms with van der Waals surface area (Å²) in [5, 5.41) is 0. The minimum atomic E-state index is -3.52. The molecule has 6 heteroatoms. The third-order valence-corrected chi connectivity index (χ3v) is 4.81. The van der Waals surface area contributed by atoms with Gasteiger partial charge in [0.25, 0.3) is 0 Å². The van der Waals surface area contributed by atoms with E-state index in [9.17, 15) is 8.42 Å². The van der Waals surface area contributed by atoms with Crippen molar-refractivity contribution in [3.05, 3.63) is 23.3 Å². The Bertz CT molecular complexity index is 618. The topological polar surface area (TPSA) is 81.4 Å². The van der Waals surface area contributed by atoms with Crippen LogP contribution >= 0.6 is 0 Å². The number of hydrogen-bond acceptors (Lipinski definition) is 4. The van der Waals surface area contributed by atoms with Gasteiger partial charge in [-0.15, -0.1) is 0 Å². The molecule has 0 aliphatic carbocycles. The van der Waals surface area contributed by atoms with Crippen molar-refractivity contribution in [2.45, 2.75) is 50.7 Å². The zero-order valence-electron chi connectivity index (χ0n) is 12.4. The summed E-state index contributed by atoms with van der Waals surface area (Å²) in [4.78, 5) is 0.282. The molecule has 5 nitrogen and oxygen atoms in total. The van der Waals surface area contributed by atoms with Crippen molar-refractivity contribution in [3.63, 3.8) is 0 Å². The maximum Gasteiger partial charge on any atom is 0.241 e. The van der Waals surface area contributed by atoms with Crippen molar-refractivity contribution in [1.29, 1.82) is 0 Å². The van der Waals surface area contributed by atoms with Gasteiger partial charge in [-0.2, -0.15) is 0 Å². The van der Waals surface area contributed by atoms with E-state index in [1.807, 2.05) is 27.7 Å². The number of hydrogen-bond donors (Lipinski definition) is 2. The average Bonchev–Trinajstić information content (AvgIpc) is 2.69. The van der Waals surface area contributed by atoms with Gasteiger partial charge in [-0.3, -0.25) is 0 Å². The summed E-state index contributed by atoms with van der Waals surface area (Å²) >= 11 is 0. The lowest BCUT2D eigenvalue weighted by Crippen LogP contribution is -2.40. The van der Waals surface area contributed by atoms with E-state index in [1.165, 1.54) is 0 Å². The fourth-order valence-electron chi connectivity index (χ4n) is 2.33. The van der Waals surface area contributed by atoms with Gasteiger partial charge >= 0.3 is 0 Å². The Morgan fingerprint density at radius 1 is 1.40 bits per heavy atom. The highest BCUT2D eigenvalue weighted by Crippen LogP contribution is 2.34. The highest BCUT2D eigenvalue weighted by Gasteiger charge is 2.28. The SMILES string of the molecule is Cc1cc(S(=O)(=O)NC(C)(C)C)cc2c1OC(CN)C2. The quantitative estimate of drug-likeness (QED) is 0.882. The first-order valence-corrected chi connectivity index (χ1v) is 8.15. The van der Waals surface area contributed by atoms with E-state index in [0.29, 0.717) is 13.0 Å². The van der Waals surface area contributed by atoms with Gasteiger partial charge in [-0.05, 0) is 51.0 Å². The first kappa shape index (κ1) is 15.3. The molecule has 20 heavy (non-hydrogen) atoms. The summed E-state index contributed by atoms with van der Waals surface area (Å²) in [6, 6.07) is 3.33. The Morgan fingerprint density at radius 3 is 2.60 bits per heavy atom. The second-order valence-electron chi connectivity index (χ2n) is 6.26. The van der Waals surface area contributed by atoms with Crippen LogP contribution in [-0.4, -0.2) is 26.6 Å². The number of sulfonamides is 1. The minimum Gasteiger partial charge on any atom is -0.488 e. The first-order valence-electron chi connectivity index (χ1n) is 6.66. The summed E-state index contributed by atoms with van der Waals surface area (Å²) in [7, 11) is -3.52. The van der Waals surface area contributed by atoms with Crippen molar-refractivity contribution in [1.82, 2.24) is 4.72 Å². The van der Waals surface area contributed by atoms with Crippen LogP contribution < -0.4 is 15.2 Å². The van der Waals surface area contributed by atoms with E-state index in [-0.39, 0.29) is 11.0 Å². The molecule has 0 radical (unpaired) electrons. The van der Waals surface area contributed by atoms with Crippen molar-refractivity contribution < 1.29 is 13.2 Å². The number of rotatable bonds is 3. The molecule has 1 aliphatic rings. The van der Waals surface area contributed by atoms with Crippen LogP contribution in [0.4, 0.5) is 0 Å². The van der Waals surface area contributed by atoms with Crippen LogP contribution in [0, 0.1) is 6.92 Å². The molecule has 0 fully saturated rings. The number of benzene rings is 1. The third-order valence-electron chi connectivity index (χ3n) is 3.07. The highest BCUT2D eigenvalue weighted by molar-refractivity contribution is 7.89. The lowest BCUT2D eigenvalue weighted by atomic mass is 10.1.